The van der Waals surface area contributed by atoms with Crippen molar-refractivity contribution in [3.05, 3.63) is 101 Å². The second-order valence-electron chi connectivity index (χ2n) is 7.59. The lowest BCUT2D eigenvalue weighted by molar-refractivity contribution is -0.668. The third-order valence-corrected chi connectivity index (χ3v) is 5.34. The first kappa shape index (κ1) is 18.3. The molecule has 0 saturated heterocycles. The number of benzene rings is 2. The molecular formula is C25H27N2O+. The lowest BCUT2D eigenvalue weighted by Gasteiger charge is -2.08. The van der Waals surface area contributed by atoms with Gasteiger partial charge in [0.15, 0.2) is 0 Å². The Balaban J connectivity index is 1.76. The molecule has 3 nitrogen and oxygen atoms in total. The summed E-state index contributed by atoms with van der Waals surface area (Å²) in [7, 11) is 0. The first-order valence-corrected chi connectivity index (χ1v) is 9.77. The molecule has 0 amide bonds. The number of aryl methyl sites for hydroxylation is 3. The Morgan fingerprint density at radius 2 is 1.54 bits per heavy atom. The standard InChI is InChI=1S/C25H27N2O/c1-18-13-19(2)15-23(14-18)16-27-21(4)20(3)26-12-8-11-24(25(26)27)28-17-22-9-6-5-7-10-22/h5-15H,16-17H2,1-4H3/q+1. The van der Waals surface area contributed by atoms with Crippen LogP contribution in [0.25, 0.3) is 5.65 Å². The molecule has 0 saturated carbocycles. The van der Waals surface area contributed by atoms with Gasteiger partial charge in [-0.2, -0.15) is 4.40 Å². The normalized spacial score (nSPS) is 11.1. The van der Waals surface area contributed by atoms with Gasteiger partial charge >= 0.3 is 5.65 Å². The number of nitrogens with zero attached hydrogens (tertiary/aromatic N) is 2. The van der Waals surface area contributed by atoms with E-state index in [1.54, 1.807) is 0 Å². The van der Waals surface area contributed by atoms with Crippen molar-refractivity contribution in [2.45, 2.75) is 40.8 Å². The lowest BCUT2D eigenvalue weighted by Crippen LogP contribution is -2.36. The Bertz CT molecular complexity index is 1110. The summed E-state index contributed by atoms with van der Waals surface area (Å²) in [5.41, 5.74) is 8.69. The molecule has 0 atom stereocenters. The predicted octanol–water partition coefficient (Wildman–Crippen LogP) is 5.09. The summed E-state index contributed by atoms with van der Waals surface area (Å²) in [5, 5.41) is 0. The van der Waals surface area contributed by atoms with Crippen molar-refractivity contribution in [2.75, 3.05) is 0 Å². The van der Waals surface area contributed by atoms with E-state index in [0.29, 0.717) is 6.61 Å². The monoisotopic (exact) mass is 371 g/mol. The average Bonchev–Trinajstić information content (AvgIpc) is 2.92. The maximum absolute atomic E-state index is 6.26. The van der Waals surface area contributed by atoms with Crippen LogP contribution in [-0.4, -0.2) is 4.40 Å². The molecule has 0 aliphatic heterocycles. The second kappa shape index (κ2) is 7.51. The highest BCUT2D eigenvalue weighted by Gasteiger charge is 2.24. The van der Waals surface area contributed by atoms with Crippen LogP contribution in [0, 0.1) is 27.7 Å². The van der Waals surface area contributed by atoms with Crippen LogP contribution in [0.2, 0.25) is 0 Å². The van der Waals surface area contributed by atoms with E-state index in [1.165, 1.54) is 33.6 Å². The van der Waals surface area contributed by atoms with E-state index in [4.69, 9.17) is 4.74 Å². The van der Waals surface area contributed by atoms with Crippen LogP contribution < -0.4 is 9.30 Å². The highest BCUT2D eigenvalue weighted by atomic mass is 16.5. The molecule has 0 unspecified atom stereocenters. The Morgan fingerprint density at radius 1 is 0.821 bits per heavy atom. The third kappa shape index (κ3) is 3.53. The maximum Gasteiger partial charge on any atom is 0.329 e. The van der Waals surface area contributed by atoms with Crippen LogP contribution >= 0.6 is 0 Å². The summed E-state index contributed by atoms with van der Waals surface area (Å²) in [6.45, 7) is 10.1. The molecule has 0 aliphatic carbocycles. The van der Waals surface area contributed by atoms with Gasteiger partial charge in [-0.15, -0.1) is 0 Å². The molecule has 2 heterocycles. The van der Waals surface area contributed by atoms with Crippen molar-refractivity contribution >= 4 is 5.65 Å². The smallest absolute Gasteiger partial charge is 0.329 e. The van der Waals surface area contributed by atoms with Crippen molar-refractivity contribution in [2.24, 2.45) is 0 Å². The summed E-state index contributed by atoms with van der Waals surface area (Å²) in [6, 6.07) is 21.2. The Kier molecular flexibility index (Phi) is 4.91. The molecule has 0 bridgehead atoms. The Labute approximate surface area is 166 Å². The van der Waals surface area contributed by atoms with E-state index in [1.807, 2.05) is 18.2 Å². The number of fused-ring (bicyclic) bond motifs is 1. The fraction of sp³-hybridized carbons (Fsp3) is 0.240. The molecule has 0 aliphatic rings. The zero-order valence-corrected chi connectivity index (χ0v) is 17.1. The summed E-state index contributed by atoms with van der Waals surface area (Å²) in [6.07, 6.45) is 2.12. The molecule has 2 aromatic carbocycles. The largest absolute Gasteiger partial charge is 0.481 e. The summed E-state index contributed by atoms with van der Waals surface area (Å²) in [4.78, 5) is 0. The summed E-state index contributed by atoms with van der Waals surface area (Å²) in [5.74, 6) is 0.909. The van der Waals surface area contributed by atoms with E-state index in [0.717, 1.165) is 17.9 Å². The predicted molar refractivity (Wildman–Crippen MR) is 113 cm³/mol. The number of aromatic nitrogens is 2. The molecule has 0 N–H and O–H groups in total. The number of imidazole rings is 1. The summed E-state index contributed by atoms with van der Waals surface area (Å²) < 4.78 is 10.9. The van der Waals surface area contributed by atoms with Crippen LogP contribution in [0.4, 0.5) is 0 Å². The van der Waals surface area contributed by atoms with Crippen molar-refractivity contribution < 1.29 is 9.30 Å². The molecule has 0 spiro atoms. The minimum atomic E-state index is 0.563. The van der Waals surface area contributed by atoms with E-state index in [-0.39, 0.29) is 0 Å². The first-order valence-electron chi connectivity index (χ1n) is 9.77. The molecule has 0 fully saturated rings. The van der Waals surface area contributed by atoms with Crippen molar-refractivity contribution in [1.82, 2.24) is 4.40 Å². The molecular weight excluding hydrogens is 344 g/mol. The topological polar surface area (TPSA) is 17.5 Å². The van der Waals surface area contributed by atoms with Crippen molar-refractivity contribution in [1.29, 1.82) is 0 Å². The van der Waals surface area contributed by atoms with Gasteiger partial charge in [0.25, 0.3) is 0 Å². The molecule has 3 heteroatoms. The molecule has 4 aromatic rings. The minimum Gasteiger partial charge on any atom is -0.481 e. The van der Waals surface area contributed by atoms with Crippen LogP contribution in [0.15, 0.2) is 66.9 Å². The van der Waals surface area contributed by atoms with E-state index >= 15 is 0 Å². The molecule has 2 aromatic heterocycles. The molecule has 4 rings (SSSR count). The molecule has 142 valence electrons. The van der Waals surface area contributed by atoms with Crippen LogP contribution in [0.3, 0.4) is 0 Å². The van der Waals surface area contributed by atoms with E-state index in [2.05, 4.69) is 85.3 Å². The number of rotatable bonds is 5. The van der Waals surface area contributed by atoms with Gasteiger partial charge in [0, 0.05) is 13.8 Å². The van der Waals surface area contributed by atoms with E-state index in [9.17, 15) is 0 Å². The van der Waals surface area contributed by atoms with Gasteiger partial charge in [-0.25, -0.2) is 4.57 Å². The van der Waals surface area contributed by atoms with Crippen LogP contribution in [0.1, 0.15) is 33.6 Å². The zero-order chi connectivity index (χ0) is 19.7. The zero-order valence-electron chi connectivity index (χ0n) is 17.1. The molecule has 28 heavy (non-hydrogen) atoms. The number of hydrogen-bond acceptors (Lipinski definition) is 1. The highest BCUT2D eigenvalue weighted by Crippen LogP contribution is 2.22. The van der Waals surface area contributed by atoms with Gasteiger partial charge in [0.2, 0.25) is 5.75 Å². The fourth-order valence-electron chi connectivity index (χ4n) is 3.93. The second-order valence-corrected chi connectivity index (χ2v) is 7.59. The lowest BCUT2D eigenvalue weighted by atomic mass is 10.1. The van der Waals surface area contributed by atoms with Gasteiger partial charge in [-0.1, -0.05) is 59.7 Å². The van der Waals surface area contributed by atoms with Gasteiger partial charge in [-0.05, 0) is 37.1 Å². The van der Waals surface area contributed by atoms with Gasteiger partial charge in [0.05, 0.1) is 6.20 Å². The number of pyridine rings is 1. The number of ether oxygens (including phenoxy) is 1. The number of hydrogen-bond donors (Lipinski definition) is 0. The molecule has 0 radical (unpaired) electrons. The quantitative estimate of drug-likeness (QED) is 0.447. The summed E-state index contributed by atoms with van der Waals surface area (Å²) >= 11 is 0. The van der Waals surface area contributed by atoms with E-state index < -0.39 is 0 Å². The Morgan fingerprint density at radius 3 is 2.25 bits per heavy atom. The minimum absolute atomic E-state index is 0.563. The van der Waals surface area contributed by atoms with Crippen LogP contribution in [0.5, 0.6) is 5.75 Å². The maximum atomic E-state index is 6.26. The van der Waals surface area contributed by atoms with Crippen molar-refractivity contribution in [3.8, 4) is 5.75 Å². The Hall–Kier alpha value is -3.07. The highest BCUT2D eigenvalue weighted by molar-refractivity contribution is 5.51. The average molecular weight is 372 g/mol. The fourth-order valence-corrected chi connectivity index (χ4v) is 3.93. The van der Waals surface area contributed by atoms with Crippen molar-refractivity contribution in [3.63, 3.8) is 0 Å². The first-order chi connectivity index (χ1) is 13.5. The van der Waals surface area contributed by atoms with Gasteiger partial charge in [0.1, 0.15) is 24.5 Å². The van der Waals surface area contributed by atoms with Gasteiger partial charge < -0.3 is 4.74 Å². The van der Waals surface area contributed by atoms with Gasteiger partial charge in [-0.3, -0.25) is 0 Å². The third-order valence-electron chi connectivity index (χ3n) is 5.34. The SMILES string of the molecule is Cc1cc(C)cc(C[n+]2c(C)c(C)n3cccc(OCc4ccccc4)c32)c1. The van der Waals surface area contributed by atoms with Crippen LogP contribution in [-0.2, 0) is 13.2 Å².